The van der Waals surface area contributed by atoms with Crippen LogP contribution in [-0.4, -0.2) is 40.0 Å². The lowest BCUT2D eigenvalue weighted by Gasteiger charge is -2.15. The van der Waals surface area contributed by atoms with E-state index in [-0.39, 0.29) is 18.0 Å². The Labute approximate surface area is 157 Å². The molecule has 0 aromatic heterocycles. The summed E-state index contributed by atoms with van der Waals surface area (Å²) in [5.74, 6) is 1.48. The third kappa shape index (κ3) is 3.26. The summed E-state index contributed by atoms with van der Waals surface area (Å²) in [6.07, 6.45) is -0.159. The fraction of sp³-hybridized carbons (Fsp3) is 0.238. The minimum absolute atomic E-state index is 0.159. The molecule has 0 heterocycles. The summed E-state index contributed by atoms with van der Waals surface area (Å²) < 4.78 is 21.2. The molecule has 6 nitrogen and oxygen atoms in total. The summed E-state index contributed by atoms with van der Waals surface area (Å²) in [4.78, 5) is 25.2. The van der Waals surface area contributed by atoms with Gasteiger partial charge in [0.15, 0.2) is 23.1 Å². The first-order chi connectivity index (χ1) is 13.0. The number of carbonyl (C=O) groups is 2. The topological polar surface area (TPSA) is 71.1 Å². The summed E-state index contributed by atoms with van der Waals surface area (Å²) >= 11 is 0. The first-order valence-corrected chi connectivity index (χ1v) is 8.29. The van der Waals surface area contributed by atoms with Crippen molar-refractivity contribution in [3.8, 4) is 23.0 Å². The number of methoxy groups -OCH3 is 4. The predicted molar refractivity (Wildman–Crippen MR) is 101 cm³/mol. The highest BCUT2D eigenvalue weighted by Gasteiger charge is 2.33. The minimum atomic E-state index is -0.236. The molecule has 3 rings (SSSR count). The van der Waals surface area contributed by atoms with Crippen molar-refractivity contribution in [1.82, 2.24) is 0 Å². The van der Waals surface area contributed by atoms with Crippen LogP contribution in [0, 0.1) is 0 Å². The zero-order chi connectivity index (χ0) is 19.6. The molecule has 0 bridgehead atoms. The maximum Gasteiger partial charge on any atom is 0.203 e. The van der Waals surface area contributed by atoms with Crippen LogP contribution < -0.4 is 18.9 Å². The average Bonchev–Trinajstić information content (AvgIpc) is 3.00. The van der Waals surface area contributed by atoms with E-state index in [2.05, 4.69) is 0 Å². The predicted octanol–water partition coefficient (Wildman–Crippen LogP) is 3.17. The Morgan fingerprint density at radius 1 is 0.667 bits per heavy atom. The van der Waals surface area contributed by atoms with E-state index >= 15 is 0 Å². The quantitative estimate of drug-likeness (QED) is 0.730. The van der Waals surface area contributed by atoms with Gasteiger partial charge in [0.05, 0.1) is 34.9 Å². The first-order valence-electron chi connectivity index (χ1n) is 8.29. The number of ketones is 2. The molecule has 0 N–H and O–H groups in total. The van der Waals surface area contributed by atoms with Crippen molar-refractivity contribution in [2.24, 2.45) is 0 Å². The maximum atomic E-state index is 12.6. The average molecular weight is 368 g/mol. The smallest absolute Gasteiger partial charge is 0.203 e. The molecular formula is C21H20O6. The number of rotatable bonds is 6. The van der Waals surface area contributed by atoms with Crippen LogP contribution in [0.15, 0.2) is 36.4 Å². The Balaban J connectivity index is 2.23. The van der Waals surface area contributed by atoms with Crippen LogP contribution in [0.5, 0.6) is 23.0 Å². The van der Waals surface area contributed by atoms with Crippen LogP contribution in [0.3, 0.4) is 0 Å². The summed E-state index contributed by atoms with van der Waals surface area (Å²) in [6, 6.07) is 10.4. The zero-order valence-electron chi connectivity index (χ0n) is 15.6. The fourth-order valence-corrected chi connectivity index (χ4v) is 3.20. The van der Waals surface area contributed by atoms with E-state index in [1.807, 2.05) is 0 Å². The third-order valence-corrected chi connectivity index (χ3v) is 4.46. The molecule has 1 aliphatic carbocycles. The van der Waals surface area contributed by atoms with E-state index in [1.54, 1.807) is 43.5 Å². The highest BCUT2D eigenvalue weighted by atomic mass is 16.5. The molecule has 27 heavy (non-hydrogen) atoms. The highest BCUT2D eigenvalue weighted by molar-refractivity contribution is 6.51. The second-order valence-electron chi connectivity index (χ2n) is 5.92. The standard InChI is InChI=1S/C21H20O6/c1-24-14-7-5-12(6-8-14)19-15(22)11-16(23)20(19)13-9-17(25-2)21(27-4)18(10-13)26-3/h5-10H,11H2,1-4H3. The largest absolute Gasteiger partial charge is 0.497 e. The van der Waals surface area contributed by atoms with Crippen molar-refractivity contribution < 1.29 is 28.5 Å². The Kier molecular flexibility index (Phi) is 5.16. The Hall–Kier alpha value is -3.28. The van der Waals surface area contributed by atoms with Gasteiger partial charge in [-0.15, -0.1) is 0 Å². The van der Waals surface area contributed by atoms with Crippen molar-refractivity contribution in [3.05, 3.63) is 47.5 Å². The van der Waals surface area contributed by atoms with Crippen molar-refractivity contribution in [2.45, 2.75) is 6.42 Å². The molecule has 6 heteroatoms. The van der Waals surface area contributed by atoms with E-state index in [9.17, 15) is 9.59 Å². The fourth-order valence-electron chi connectivity index (χ4n) is 3.20. The van der Waals surface area contributed by atoms with Gasteiger partial charge in [0.1, 0.15) is 5.75 Å². The SMILES string of the molecule is COc1ccc(C2=C(c3cc(OC)c(OC)c(OC)c3)C(=O)CC2=O)cc1. The van der Waals surface area contributed by atoms with Gasteiger partial charge in [0.25, 0.3) is 0 Å². The molecule has 2 aromatic rings. The van der Waals surface area contributed by atoms with E-state index < -0.39 is 0 Å². The van der Waals surface area contributed by atoms with Crippen molar-refractivity contribution in [1.29, 1.82) is 0 Å². The number of Topliss-reactive ketones (excluding diaryl/α,β-unsaturated/α-hetero) is 2. The van der Waals surface area contributed by atoms with Crippen molar-refractivity contribution in [2.75, 3.05) is 28.4 Å². The zero-order valence-corrected chi connectivity index (χ0v) is 15.6. The molecule has 1 aliphatic rings. The molecule has 0 amide bonds. The summed E-state index contributed by atoms with van der Waals surface area (Å²) in [7, 11) is 6.08. The van der Waals surface area contributed by atoms with Gasteiger partial charge in [-0.05, 0) is 35.4 Å². The Morgan fingerprint density at radius 3 is 1.63 bits per heavy atom. The van der Waals surface area contributed by atoms with Gasteiger partial charge < -0.3 is 18.9 Å². The molecule has 0 saturated carbocycles. The molecule has 0 atom stereocenters. The maximum absolute atomic E-state index is 12.6. The third-order valence-electron chi connectivity index (χ3n) is 4.46. The van der Waals surface area contributed by atoms with E-state index in [1.165, 1.54) is 21.3 Å². The van der Waals surface area contributed by atoms with Crippen LogP contribution in [0.25, 0.3) is 11.1 Å². The van der Waals surface area contributed by atoms with Crippen molar-refractivity contribution in [3.63, 3.8) is 0 Å². The van der Waals surface area contributed by atoms with E-state index in [4.69, 9.17) is 18.9 Å². The molecule has 0 spiro atoms. The second kappa shape index (κ2) is 7.53. The molecule has 0 radical (unpaired) electrons. The monoisotopic (exact) mass is 368 g/mol. The Bertz CT molecular complexity index is 899. The minimum Gasteiger partial charge on any atom is -0.497 e. The van der Waals surface area contributed by atoms with Gasteiger partial charge in [-0.2, -0.15) is 0 Å². The molecule has 2 aromatic carbocycles. The number of benzene rings is 2. The van der Waals surface area contributed by atoms with Crippen LogP contribution in [0.2, 0.25) is 0 Å². The van der Waals surface area contributed by atoms with Crippen LogP contribution >= 0.6 is 0 Å². The molecule has 0 fully saturated rings. The van der Waals surface area contributed by atoms with Gasteiger partial charge in [-0.1, -0.05) is 12.1 Å². The van der Waals surface area contributed by atoms with Gasteiger partial charge in [-0.3, -0.25) is 9.59 Å². The highest BCUT2D eigenvalue weighted by Crippen LogP contribution is 2.43. The lowest BCUT2D eigenvalue weighted by Crippen LogP contribution is -2.00. The number of hydrogen-bond donors (Lipinski definition) is 0. The Morgan fingerprint density at radius 2 is 1.19 bits per heavy atom. The molecule has 0 unspecified atom stereocenters. The normalized spacial score (nSPS) is 13.8. The molecular weight excluding hydrogens is 348 g/mol. The summed E-state index contributed by atoms with van der Waals surface area (Å²) in [5.41, 5.74) is 1.95. The van der Waals surface area contributed by atoms with Crippen LogP contribution in [-0.2, 0) is 9.59 Å². The lowest BCUT2D eigenvalue weighted by molar-refractivity contribution is -0.119. The summed E-state index contributed by atoms with van der Waals surface area (Å²) in [5, 5.41) is 0. The van der Waals surface area contributed by atoms with E-state index in [0.29, 0.717) is 45.3 Å². The lowest BCUT2D eigenvalue weighted by atomic mass is 9.95. The van der Waals surface area contributed by atoms with Gasteiger partial charge >= 0.3 is 0 Å². The number of hydrogen-bond acceptors (Lipinski definition) is 6. The molecule has 0 aliphatic heterocycles. The van der Waals surface area contributed by atoms with E-state index in [0.717, 1.165) is 0 Å². The second-order valence-corrected chi connectivity index (χ2v) is 5.92. The van der Waals surface area contributed by atoms with Crippen LogP contribution in [0.4, 0.5) is 0 Å². The number of ether oxygens (including phenoxy) is 4. The van der Waals surface area contributed by atoms with Gasteiger partial charge in [0.2, 0.25) is 5.75 Å². The molecule has 0 saturated heterocycles. The van der Waals surface area contributed by atoms with Gasteiger partial charge in [0, 0.05) is 11.1 Å². The molecule has 140 valence electrons. The van der Waals surface area contributed by atoms with Crippen molar-refractivity contribution >= 4 is 22.7 Å². The number of allylic oxidation sites excluding steroid dienone is 2. The van der Waals surface area contributed by atoms with Gasteiger partial charge in [-0.25, -0.2) is 0 Å². The first kappa shape index (κ1) is 18.5. The number of carbonyl (C=O) groups excluding carboxylic acids is 2. The summed E-state index contributed by atoms with van der Waals surface area (Å²) in [6.45, 7) is 0. The van der Waals surface area contributed by atoms with Crippen LogP contribution in [0.1, 0.15) is 17.5 Å².